The maximum Gasteiger partial charge on any atom is 0.232 e. The Morgan fingerprint density at radius 1 is 1.16 bits per heavy atom. The molecular weight excluding hydrogens is 344 g/mol. The molecule has 0 amide bonds. The van der Waals surface area contributed by atoms with Gasteiger partial charge in [0.1, 0.15) is 11.5 Å². The summed E-state index contributed by atoms with van der Waals surface area (Å²) in [5.74, 6) is 0.586. The summed E-state index contributed by atoms with van der Waals surface area (Å²) in [6.45, 7) is -0.206. The Morgan fingerprint density at radius 3 is 2.32 bits per heavy atom. The van der Waals surface area contributed by atoms with Crippen molar-refractivity contribution in [3.8, 4) is 17.2 Å². The van der Waals surface area contributed by atoms with E-state index in [1.807, 2.05) is 6.07 Å². The zero-order chi connectivity index (χ0) is 18.6. The number of anilines is 1. The van der Waals surface area contributed by atoms with Gasteiger partial charge in [0.2, 0.25) is 10.0 Å². The number of hydrogen-bond donors (Lipinski definition) is 1. The van der Waals surface area contributed by atoms with Gasteiger partial charge in [-0.15, -0.1) is 0 Å². The molecule has 2 aromatic rings. The lowest BCUT2D eigenvalue weighted by Crippen LogP contribution is -2.25. The first-order chi connectivity index (χ1) is 11.8. The fourth-order valence-electron chi connectivity index (χ4n) is 2.17. The standard InChI is InChI=1S/C17H20N2O5S/c1-19(25(3,21)22)14-10-16(23-2)13(15(20)11-18)9-17(14)24-12-7-5-4-6-8-12/h4-10H,11,18H2,1-3H3. The molecule has 7 nitrogen and oxygen atoms in total. The summed E-state index contributed by atoms with van der Waals surface area (Å²) in [6.07, 6.45) is 1.07. The summed E-state index contributed by atoms with van der Waals surface area (Å²) in [5.41, 5.74) is 5.92. The summed E-state index contributed by atoms with van der Waals surface area (Å²) >= 11 is 0. The third-order valence-electron chi connectivity index (χ3n) is 3.57. The van der Waals surface area contributed by atoms with Crippen LogP contribution in [0.15, 0.2) is 42.5 Å². The molecule has 0 aromatic heterocycles. The maximum absolute atomic E-state index is 12.1. The largest absolute Gasteiger partial charge is 0.496 e. The number of methoxy groups -OCH3 is 1. The quantitative estimate of drug-likeness (QED) is 0.755. The minimum atomic E-state index is -3.55. The summed E-state index contributed by atoms with van der Waals surface area (Å²) in [6, 6.07) is 11.7. The number of hydrogen-bond acceptors (Lipinski definition) is 6. The molecule has 0 radical (unpaired) electrons. The lowest BCUT2D eigenvalue weighted by atomic mass is 10.1. The highest BCUT2D eigenvalue weighted by atomic mass is 32.2. The van der Waals surface area contributed by atoms with Crippen LogP contribution in [0.5, 0.6) is 17.2 Å². The molecule has 0 unspecified atom stereocenters. The summed E-state index contributed by atoms with van der Waals surface area (Å²) in [7, 11) is -0.757. The van der Waals surface area contributed by atoms with Gasteiger partial charge in [0.15, 0.2) is 11.5 Å². The van der Waals surface area contributed by atoms with Crippen LogP contribution >= 0.6 is 0 Å². The Hall–Kier alpha value is -2.58. The second-order valence-corrected chi connectivity index (χ2v) is 7.31. The number of benzene rings is 2. The van der Waals surface area contributed by atoms with Crippen LogP contribution in [0, 0.1) is 0 Å². The molecule has 2 aromatic carbocycles. The molecule has 8 heteroatoms. The number of nitrogens with two attached hydrogens (primary N) is 1. The van der Waals surface area contributed by atoms with Crippen molar-refractivity contribution in [2.45, 2.75) is 0 Å². The summed E-state index contributed by atoms with van der Waals surface area (Å²) < 4.78 is 36.0. The van der Waals surface area contributed by atoms with Crippen LogP contribution in [0.1, 0.15) is 10.4 Å². The number of nitrogens with zero attached hydrogens (tertiary/aromatic N) is 1. The van der Waals surface area contributed by atoms with Crippen molar-refractivity contribution in [3.63, 3.8) is 0 Å². The normalized spacial score (nSPS) is 11.0. The Kier molecular flexibility index (Phi) is 5.66. The van der Waals surface area contributed by atoms with Crippen LogP contribution in [-0.2, 0) is 10.0 Å². The molecule has 0 spiro atoms. The lowest BCUT2D eigenvalue weighted by Gasteiger charge is -2.22. The number of ether oxygens (including phenoxy) is 2. The molecule has 0 bridgehead atoms. The Bertz CT molecular complexity index is 866. The average molecular weight is 364 g/mol. The van der Waals surface area contributed by atoms with Crippen molar-refractivity contribution in [2.24, 2.45) is 5.73 Å². The highest BCUT2D eigenvalue weighted by Crippen LogP contribution is 2.38. The molecular formula is C17H20N2O5S. The number of para-hydroxylation sites is 1. The van der Waals surface area contributed by atoms with E-state index in [-0.39, 0.29) is 35.1 Å². The Labute approximate surface area is 147 Å². The van der Waals surface area contributed by atoms with E-state index in [2.05, 4.69) is 0 Å². The highest BCUT2D eigenvalue weighted by molar-refractivity contribution is 7.92. The SMILES string of the molecule is COc1cc(N(C)S(C)(=O)=O)c(Oc2ccccc2)cc1C(=O)CN. The van der Waals surface area contributed by atoms with Crippen LogP contribution in [0.25, 0.3) is 0 Å². The van der Waals surface area contributed by atoms with E-state index in [0.29, 0.717) is 5.75 Å². The van der Waals surface area contributed by atoms with E-state index in [1.165, 1.54) is 26.3 Å². The number of rotatable bonds is 7. The predicted octanol–water partition coefficient (Wildman–Crippen LogP) is 2.02. The van der Waals surface area contributed by atoms with E-state index >= 15 is 0 Å². The van der Waals surface area contributed by atoms with Crippen molar-refractivity contribution in [3.05, 3.63) is 48.0 Å². The van der Waals surface area contributed by atoms with Gasteiger partial charge in [-0.2, -0.15) is 0 Å². The topological polar surface area (TPSA) is 98.9 Å². The first kappa shape index (κ1) is 18.8. The smallest absolute Gasteiger partial charge is 0.232 e. The molecule has 0 atom stereocenters. The van der Waals surface area contributed by atoms with Gasteiger partial charge in [0.05, 0.1) is 31.2 Å². The first-order valence-electron chi connectivity index (χ1n) is 7.40. The van der Waals surface area contributed by atoms with Gasteiger partial charge in [-0.3, -0.25) is 9.10 Å². The fraction of sp³-hybridized carbons (Fsp3) is 0.235. The number of carbonyl (C=O) groups excluding carboxylic acids is 1. The first-order valence-corrected chi connectivity index (χ1v) is 9.25. The summed E-state index contributed by atoms with van der Waals surface area (Å²) in [5, 5.41) is 0. The number of carbonyl (C=O) groups is 1. The highest BCUT2D eigenvalue weighted by Gasteiger charge is 2.22. The van der Waals surface area contributed by atoms with Crippen LogP contribution in [0.2, 0.25) is 0 Å². The van der Waals surface area contributed by atoms with E-state index in [4.69, 9.17) is 15.2 Å². The van der Waals surface area contributed by atoms with E-state index < -0.39 is 10.0 Å². The van der Waals surface area contributed by atoms with Gasteiger partial charge in [-0.25, -0.2) is 8.42 Å². The third-order valence-corrected chi connectivity index (χ3v) is 4.77. The van der Waals surface area contributed by atoms with Crippen molar-refractivity contribution in [2.75, 3.05) is 31.3 Å². The minimum absolute atomic E-state index is 0.205. The zero-order valence-corrected chi connectivity index (χ0v) is 15.0. The Balaban J connectivity index is 2.64. The maximum atomic E-state index is 12.1. The van der Waals surface area contributed by atoms with Crippen LogP contribution in [0.4, 0.5) is 5.69 Å². The average Bonchev–Trinajstić information content (AvgIpc) is 2.60. The van der Waals surface area contributed by atoms with Gasteiger partial charge in [0, 0.05) is 13.1 Å². The molecule has 0 aliphatic carbocycles. The third kappa shape index (κ3) is 4.28. The molecule has 0 saturated heterocycles. The minimum Gasteiger partial charge on any atom is -0.496 e. The van der Waals surface area contributed by atoms with Gasteiger partial charge in [-0.05, 0) is 18.2 Å². The molecule has 2 rings (SSSR count). The summed E-state index contributed by atoms with van der Waals surface area (Å²) in [4.78, 5) is 12.1. The van der Waals surface area contributed by atoms with Crippen molar-refractivity contribution in [1.82, 2.24) is 0 Å². The van der Waals surface area contributed by atoms with Gasteiger partial charge in [-0.1, -0.05) is 18.2 Å². The molecule has 2 N–H and O–H groups in total. The Morgan fingerprint density at radius 2 is 1.80 bits per heavy atom. The molecule has 134 valence electrons. The molecule has 0 fully saturated rings. The van der Waals surface area contributed by atoms with Crippen LogP contribution < -0.4 is 19.5 Å². The second kappa shape index (κ2) is 7.54. The van der Waals surface area contributed by atoms with Crippen molar-refractivity contribution in [1.29, 1.82) is 0 Å². The van der Waals surface area contributed by atoms with Crippen LogP contribution in [-0.4, -0.2) is 41.2 Å². The van der Waals surface area contributed by atoms with Gasteiger partial charge < -0.3 is 15.2 Å². The fourth-order valence-corrected chi connectivity index (χ4v) is 2.67. The number of sulfonamides is 1. The molecule has 0 aliphatic rings. The number of Topliss-reactive ketones (excluding diaryl/α,β-unsaturated/α-hetero) is 1. The molecule has 0 heterocycles. The van der Waals surface area contributed by atoms with Gasteiger partial charge >= 0.3 is 0 Å². The molecule has 0 saturated carbocycles. The zero-order valence-electron chi connectivity index (χ0n) is 14.2. The van der Waals surface area contributed by atoms with Crippen LogP contribution in [0.3, 0.4) is 0 Å². The lowest BCUT2D eigenvalue weighted by molar-refractivity contribution is 0.0998. The van der Waals surface area contributed by atoms with E-state index in [9.17, 15) is 13.2 Å². The molecule has 0 aliphatic heterocycles. The second-order valence-electron chi connectivity index (χ2n) is 5.29. The van der Waals surface area contributed by atoms with Gasteiger partial charge in [0.25, 0.3) is 0 Å². The monoisotopic (exact) mass is 364 g/mol. The molecule has 25 heavy (non-hydrogen) atoms. The van der Waals surface area contributed by atoms with Crippen molar-refractivity contribution < 1.29 is 22.7 Å². The predicted molar refractivity (Wildman–Crippen MR) is 96.1 cm³/mol. The van der Waals surface area contributed by atoms with E-state index in [0.717, 1.165) is 10.6 Å². The van der Waals surface area contributed by atoms with Crippen molar-refractivity contribution >= 4 is 21.5 Å². The number of ketones is 1. The van der Waals surface area contributed by atoms with E-state index in [1.54, 1.807) is 24.3 Å².